The molecule has 0 heterocycles. The minimum atomic E-state index is -1.28. The van der Waals surface area contributed by atoms with E-state index in [1.54, 1.807) is 6.92 Å². The Morgan fingerprint density at radius 1 is 1.45 bits per heavy atom. The van der Waals surface area contributed by atoms with Crippen molar-refractivity contribution in [2.75, 3.05) is 25.1 Å². The first-order chi connectivity index (χ1) is 9.40. The summed E-state index contributed by atoms with van der Waals surface area (Å²) in [5, 5.41) is 10.9. The molecule has 6 nitrogen and oxygen atoms in total. The van der Waals surface area contributed by atoms with E-state index in [-0.39, 0.29) is 18.8 Å². The van der Waals surface area contributed by atoms with E-state index in [1.165, 1.54) is 4.90 Å². The predicted octanol–water partition coefficient (Wildman–Crippen LogP) is 2.26. The van der Waals surface area contributed by atoms with E-state index in [4.69, 9.17) is 0 Å². The summed E-state index contributed by atoms with van der Waals surface area (Å²) >= 11 is 0. The number of carbonyl (C=O) groups excluding carboxylic acids is 1. The topological polar surface area (TPSA) is 72.7 Å². The zero-order valence-corrected chi connectivity index (χ0v) is 11.1. The van der Waals surface area contributed by atoms with Gasteiger partial charge < -0.3 is 9.64 Å². The fourth-order valence-electron chi connectivity index (χ4n) is 1.75. The summed E-state index contributed by atoms with van der Waals surface area (Å²) < 4.78 is 31.3. The lowest BCUT2D eigenvalue weighted by molar-refractivity contribution is -0.386. The highest BCUT2D eigenvalue weighted by atomic mass is 19.1. The van der Waals surface area contributed by atoms with E-state index in [0.29, 0.717) is 12.5 Å². The Labute approximate surface area is 114 Å². The van der Waals surface area contributed by atoms with Crippen LogP contribution in [0.1, 0.15) is 13.3 Å². The molecule has 0 bridgehead atoms. The van der Waals surface area contributed by atoms with Crippen molar-refractivity contribution in [1.29, 1.82) is 0 Å². The van der Waals surface area contributed by atoms with Gasteiger partial charge in [-0.05, 0) is 6.42 Å². The maximum absolute atomic E-state index is 13.6. The zero-order valence-electron chi connectivity index (χ0n) is 11.1. The molecule has 0 spiro atoms. The van der Waals surface area contributed by atoms with Crippen molar-refractivity contribution < 1.29 is 23.2 Å². The average Bonchev–Trinajstić information content (AvgIpc) is 2.36. The highest BCUT2D eigenvalue weighted by molar-refractivity contribution is 5.77. The van der Waals surface area contributed by atoms with Crippen molar-refractivity contribution in [3.05, 3.63) is 33.9 Å². The first-order valence-corrected chi connectivity index (χ1v) is 5.85. The highest BCUT2D eigenvalue weighted by Gasteiger charge is 2.27. The van der Waals surface area contributed by atoms with Gasteiger partial charge in [-0.15, -0.1) is 0 Å². The van der Waals surface area contributed by atoms with Crippen molar-refractivity contribution in [3.63, 3.8) is 0 Å². The Morgan fingerprint density at radius 3 is 2.60 bits per heavy atom. The van der Waals surface area contributed by atoms with Gasteiger partial charge in [0.1, 0.15) is 18.0 Å². The van der Waals surface area contributed by atoms with Crippen molar-refractivity contribution in [2.45, 2.75) is 13.3 Å². The van der Waals surface area contributed by atoms with Crippen molar-refractivity contribution in [2.24, 2.45) is 0 Å². The second-order valence-corrected chi connectivity index (χ2v) is 4.01. The molecule has 0 amide bonds. The summed E-state index contributed by atoms with van der Waals surface area (Å²) in [5.41, 5.74) is -1.14. The number of nitro benzene ring substituents is 1. The lowest BCUT2D eigenvalue weighted by Gasteiger charge is -2.22. The van der Waals surface area contributed by atoms with Crippen LogP contribution in [0.15, 0.2) is 12.1 Å². The van der Waals surface area contributed by atoms with Gasteiger partial charge in [0.25, 0.3) is 0 Å². The number of benzene rings is 1. The van der Waals surface area contributed by atoms with Crippen LogP contribution in [0.25, 0.3) is 0 Å². The molecule has 0 saturated heterocycles. The normalized spacial score (nSPS) is 10.2. The van der Waals surface area contributed by atoms with Crippen LogP contribution in [0.5, 0.6) is 0 Å². The molecule has 0 atom stereocenters. The number of anilines is 1. The lowest BCUT2D eigenvalue weighted by atomic mass is 10.2. The van der Waals surface area contributed by atoms with Gasteiger partial charge in [-0.2, -0.15) is 4.39 Å². The Hall–Kier alpha value is -2.25. The van der Waals surface area contributed by atoms with Crippen LogP contribution >= 0.6 is 0 Å². The van der Waals surface area contributed by atoms with Gasteiger partial charge in [0.05, 0.1) is 12.0 Å². The summed E-state index contributed by atoms with van der Waals surface area (Å²) in [6, 6.07) is 1.27. The SMILES string of the molecule is CCCN(CC(=O)OC)c1cc(F)cc(F)c1[N+](=O)[O-]. The molecule has 1 rings (SSSR count). The molecule has 0 N–H and O–H groups in total. The molecule has 0 saturated carbocycles. The number of nitrogens with zero attached hydrogens (tertiary/aromatic N) is 2. The number of halogens is 2. The Kier molecular flexibility index (Phi) is 5.36. The number of ether oxygens (including phenoxy) is 1. The first kappa shape index (κ1) is 15.8. The Morgan fingerprint density at radius 2 is 2.10 bits per heavy atom. The quantitative estimate of drug-likeness (QED) is 0.456. The molecular formula is C12H14F2N2O4. The minimum absolute atomic E-state index is 0.221. The van der Waals surface area contributed by atoms with Gasteiger partial charge >= 0.3 is 11.7 Å². The third kappa shape index (κ3) is 3.62. The maximum Gasteiger partial charge on any atom is 0.328 e. The summed E-state index contributed by atoms with van der Waals surface area (Å²) in [4.78, 5) is 22.5. The van der Waals surface area contributed by atoms with E-state index in [0.717, 1.165) is 13.2 Å². The van der Waals surface area contributed by atoms with Gasteiger partial charge in [0.2, 0.25) is 5.82 Å². The number of esters is 1. The van der Waals surface area contributed by atoms with Crippen LogP contribution in [0, 0.1) is 21.7 Å². The van der Waals surface area contributed by atoms with E-state index in [2.05, 4.69) is 4.74 Å². The molecule has 0 aromatic heterocycles. The molecule has 0 fully saturated rings. The van der Waals surface area contributed by atoms with Gasteiger partial charge in [0, 0.05) is 18.7 Å². The van der Waals surface area contributed by atoms with Crippen molar-refractivity contribution >= 4 is 17.3 Å². The number of nitro groups is 1. The molecule has 0 aliphatic rings. The second kappa shape index (κ2) is 6.78. The number of carbonyl (C=O) groups is 1. The summed E-state index contributed by atoms with van der Waals surface area (Å²) in [7, 11) is 1.16. The molecule has 0 radical (unpaired) electrons. The molecular weight excluding hydrogens is 274 g/mol. The van der Waals surface area contributed by atoms with Crippen molar-refractivity contribution in [1.82, 2.24) is 0 Å². The monoisotopic (exact) mass is 288 g/mol. The summed E-state index contributed by atoms with van der Waals surface area (Å²) in [6.07, 6.45) is 0.534. The Bertz CT molecular complexity index is 522. The van der Waals surface area contributed by atoms with Crippen LogP contribution in [-0.4, -0.2) is 31.1 Å². The molecule has 0 aliphatic heterocycles. The molecule has 110 valence electrons. The molecule has 1 aromatic rings. The fourth-order valence-corrected chi connectivity index (χ4v) is 1.75. The molecule has 0 aliphatic carbocycles. The number of hydrogen-bond acceptors (Lipinski definition) is 5. The van der Waals surface area contributed by atoms with Gasteiger partial charge in [-0.3, -0.25) is 14.9 Å². The Balaban J connectivity index is 3.30. The molecule has 8 heteroatoms. The average molecular weight is 288 g/mol. The van der Waals surface area contributed by atoms with Gasteiger partial charge in [0.15, 0.2) is 0 Å². The van der Waals surface area contributed by atoms with Crippen LogP contribution in [0.2, 0.25) is 0 Å². The first-order valence-electron chi connectivity index (χ1n) is 5.85. The molecule has 0 unspecified atom stereocenters. The third-order valence-corrected chi connectivity index (χ3v) is 2.57. The number of hydrogen-bond donors (Lipinski definition) is 0. The smallest absolute Gasteiger partial charge is 0.328 e. The van der Waals surface area contributed by atoms with Crippen LogP contribution in [0.4, 0.5) is 20.2 Å². The van der Waals surface area contributed by atoms with E-state index in [1.807, 2.05) is 0 Å². The molecule has 20 heavy (non-hydrogen) atoms. The number of methoxy groups -OCH3 is 1. The highest BCUT2D eigenvalue weighted by Crippen LogP contribution is 2.32. The van der Waals surface area contributed by atoms with E-state index >= 15 is 0 Å². The lowest BCUT2D eigenvalue weighted by Crippen LogP contribution is -2.32. The zero-order chi connectivity index (χ0) is 15.3. The largest absolute Gasteiger partial charge is 0.468 e. The van der Waals surface area contributed by atoms with Crippen LogP contribution < -0.4 is 4.90 Å². The second-order valence-electron chi connectivity index (χ2n) is 4.01. The van der Waals surface area contributed by atoms with Gasteiger partial charge in [-0.25, -0.2) is 4.39 Å². The number of rotatable bonds is 6. The fraction of sp³-hybridized carbons (Fsp3) is 0.417. The van der Waals surface area contributed by atoms with E-state index in [9.17, 15) is 23.7 Å². The minimum Gasteiger partial charge on any atom is -0.468 e. The third-order valence-electron chi connectivity index (χ3n) is 2.57. The standard InChI is InChI=1S/C12H14F2N2O4/c1-3-4-15(7-11(17)20-2)10-6-8(13)5-9(14)12(10)16(18)19/h5-6H,3-4,7H2,1-2H3. The predicted molar refractivity (Wildman–Crippen MR) is 67.5 cm³/mol. The van der Waals surface area contributed by atoms with Gasteiger partial charge in [-0.1, -0.05) is 6.92 Å². The van der Waals surface area contributed by atoms with Crippen LogP contribution in [-0.2, 0) is 9.53 Å². The maximum atomic E-state index is 13.6. The summed E-state index contributed by atoms with van der Waals surface area (Å²) in [5.74, 6) is -2.89. The van der Waals surface area contributed by atoms with Crippen LogP contribution in [0.3, 0.4) is 0 Å². The summed E-state index contributed by atoms with van der Waals surface area (Å²) in [6.45, 7) is 1.67. The molecule has 1 aromatic carbocycles. The van der Waals surface area contributed by atoms with E-state index < -0.39 is 28.2 Å². The van der Waals surface area contributed by atoms with Crippen molar-refractivity contribution in [3.8, 4) is 0 Å².